The second-order valence-corrected chi connectivity index (χ2v) is 6.60. The van der Waals surface area contributed by atoms with Crippen molar-refractivity contribution in [2.45, 2.75) is 45.6 Å². The number of ether oxygens (including phenoxy) is 1. The van der Waals surface area contributed by atoms with Crippen molar-refractivity contribution in [1.82, 2.24) is 10.2 Å². The summed E-state index contributed by atoms with van der Waals surface area (Å²) in [7, 11) is 0. The molecular formula is C14H25ClN2O3. The van der Waals surface area contributed by atoms with E-state index >= 15 is 0 Å². The molecule has 0 saturated carbocycles. The first-order valence-electron chi connectivity index (χ1n) is 7.04. The Morgan fingerprint density at radius 1 is 1.30 bits per heavy atom. The molecule has 116 valence electrons. The van der Waals surface area contributed by atoms with Crippen molar-refractivity contribution in [2.75, 3.05) is 26.2 Å². The molecule has 1 amide bonds. The molecule has 2 saturated heterocycles. The van der Waals surface area contributed by atoms with Gasteiger partial charge in [-0.05, 0) is 33.6 Å². The molecule has 1 N–H and O–H groups in total. The normalized spacial score (nSPS) is 22.4. The maximum absolute atomic E-state index is 12.1. The van der Waals surface area contributed by atoms with E-state index in [9.17, 15) is 9.59 Å². The van der Waals surface area contributed by atoms with E-state index in [1.807, 2.05) is 20.8 Å². The van der Waals surface area contributed by atoms with Crippen LogP contribution in [-0.2, 0) is 9.53 Å². The van der Waals surface area contributed by atoms with E-state index in [2.05, 4.69) is 5.32 Å². The van der Waals surface area contributed by atoms with E-state index in [4.69, 9.17) is 4.74 Å². The lowest BCUT2D eigenvalue weighted by Gasteiger charge is -2.43. The molecule has 0 atom stereocenters. The van der Waals surface area contributed by atoms with Gasteiger partial charge in [-0.1, -0.05) is 0 Å². The molecule has 0 aromatic rings. The zero-order valence-corrected chi connectivity index (χ0v) is 13.3. The van der Waals surface area contributed by atoms with Crippen molar-refractivity contribution in [3.8, 4) is 0 Å². The minimum atomic E-state index is -0.464. The van der Waals surface area contributed by atoms with Crippen LogP contribution in [-0.4, -0.2) is 48.6 Å². The maximum Gasteiger partial charge on any atom is 0.410 e. The van der Waals surface area contributed by atoms with Crippen molar-refractivity contribution in [3.05, 3.63) is 0 Å². The molecule has 0 aliphatic carbocycles. The summed E-state index contributed by atoms with van der Waals surface area (Å²) in [5, 5.41) is 3.30. The van der Waals surface area contributed by atoms with Gasteiger partial charge in [0.1, 0.15) is 11.4 Å². The SMILES string of the molecule is CC(C)(C)OC(=O)N1CCC2(CC1)CNCCC2=O.Cl. The minimum absolute atomic E-state index is 0. The fraction of sp³-hybridized carbons (Fsp3) is 0.857. The monoisotopic (exact) mass is 304 g/mol. The number of Topliss-reactive ketones (excluding diaryl/α,β-unsaturated/α-hetero) is 1. The van der Waals surface area contributed by atoms with E-state index in [0.29, 0.717) is 25.3 Å². The van der Waals surface area contributed by atoms with Crippen molar-refractivity contribution >= 4 is 24.3 Å². The number of hydrogen-bond acceptors (Lipinski definition) is 4. The predicted octanol–water partition coefficient (Wildman–Crippen LogP) is 1.99. The largest absolute Gasteiger partial charge is 0.444 e. The zero-order valence-electron chi connectivity index (χ0n) is 12.5. The molecule has 0 aromatic heterocycles. The Kier molecular flexibility index (Phi) is 5.44. The first-order valence-corrected chi connectivity index (χ1v) is 7.04. The minimum Gasteiger partial charge on any atom is -0.444 e. The number of carbonyl (C=O) groups excluding carboxylic acids is 2. The number of amides is 1. The summed E-state index contributed by atoms with van der Waals surface area (Å²) in [4.78, 5) is 25.8. The molecule has 2 aliphatic heterocycles. The lowest BCUT2D eigenvalue weighted by Crippen LogP contribution is -2.54. The number of carbonyl (C=O) groups is 2. The first-order chi connectivity index (χ1) is 8.82. The van der Waals surface area contributed by atoms with E-state index in [-0.39, 0.29) is 23.9 Å². The molecule has 6 heteroatoms. The highest BCUT2D eigenvalue weighted by atomic mass is 35.5. The molecule has 2 fully saturated rings. The molecule has 0 aromatic carbocycles. The highest BCUT2D eigenvalue weighted by Gasteiger charge is 2.43. The highest BCUT2D eigenvalue weighted by Crippen LogP contribution is 2.35. The van der Waals surface area contributed by atoms with Gasteiger partial charge >= 0.3 is 6.09 Å². The number of ketones is 1. The molecular weight excluding hydrogens is 280 g/mol. The third-order valence-corrected chi connectivity index (χ3v) is 3.96. The Hall–Kier alpha value is -0.810. The molecule has 5 nitrogen and oxygen atoms in total. The second-order valence-electron chi connectivity index (χ2n) is 6.60. The first kappa shape index (κ1) is 17.2. The number of nitrogens with one attached hydrogen (secondary N) is 1. The number of nitrogens with zero attached hydrogens (tertiary/aromatic N) is 1. The van der Waals surface area contributed by atoms with Crippen LogP contribution >= 0.6 is 12.4 Å². The fourth-order valence-corrected chi connectivity index (χ4v) is 2.79. The van der Waals surface area contributed by atoms with Gasteiger partial charge in [-0.2, -0.15) is 0 Å². The van der Waals surface area contributed by atoms with Gasteiger partial charge in [0.2, 0.25) is 0 Å². The highest BCUT2D eigenvalue weighted by molar-refractivity contribution is 5.86. The fourth-order valence-electron chi connectivity index (χ4n) is 2.79. The van der Waals surface area contributed by atoms with Gasteiger partial charge in [-0.25, -0.2) is 4.79 Å². The quantitative estimate of drug-likeness (QED) is 0.743. The second kappa shape index (κ2) is 6.31. The van der Waals surface area contributed by atoms with Gasteiger partial charge in [0.05, 0.1) is 0 Å². The number of halogens is 1. The van der Waals surface area contributed by atoms with Crippen molar-refractivity contribution in [1.29, 1.82) is 0 Å². The molecule has 1 spiro atoms. The lowest BCUT2D eigenvalue weighted by molar-refractivity contribution is -0.133. The molecule has 0 bridgehead atoms. The van der Waals surface area contributed by atoms with Crippen LogP contribution in [0.25, 0.3) is 0 Å². The molecule has 0 radical (unpaired) electrons. The van der Waals surface area contributed by atoms with E-state index in [0.717, 1.165) is 25.9 Å². The van der Waals surface area contributed by atoms with Crippen molar-refractivity contribution < 1.29 is 14.3 Å². The number of piperidine rings is 2. The van der Waals surface area contributed by atoms with Crippen molar-refractivity contribution in [3.63, 3.8) is 0 Å². The summed E-state index contributed by atoms with van der Waals surface area (Å²) >= 11 is 0. The Labute approximate surface area is 126 Å². The van der Waals surface area contributed by atoms with Crippen LogP contribution in [0.5, 0.6) is 0 Å². The predicted molar refractivity (Wildman–Crippen MR) is 79.2 cm³/mol. The summed E-state index contributed by atoms with van der Waals surface area (Å²) in [5.41, 5.74) is -0.703. The van der Waals surface area contributed by atoms with Crippen LogP contribution in [0.2, 0.25) is 0 Å². The molecule has 20 heavy (non-hydrogen) atoms. The van der Waals surface area contributed by atoms with Gasteiger partial charge < -0.3 is 15.0 Å². The van der Waals surface area contributed by atoms with Crippen LogP contribution in [0.1, 0.15) is 40.0 Å². The van der Waals surface area contributed by atoms with Crippen LogP contribution in [0.4, 0.5) is 4.79 Å². The van der Waals surface area contributed by atoms with Gasteiger partial charge in [-0.15, -0.1) is 12.4 Å². The van der Waals surface area contributed by atoms with Gasteiger partial charge in [-0.3, -0.25) is 4.79 Å². The van der Waals surface area contributed by atoms with Crippen LogP contribution < -0.4 is 5.32 Å². The number of rotatable bonds is 0. The van der Waals surface area contributed by atoms with Crippen molar-refractivity contribution in [2.24, 2.45) is 5.41 Å². The third-order valence-electron chi connectivity index (χ3n) is 3.96. The lowest BCUT2D eigenvalue weighted by atomic mass is 9.72. The molecule has 2 heterocycles. The van der Waals surface area contributed by atoms with Crippen LogP contribution in [0.15, 0.2) is 0 Å². The number of hydrogen-bond donors (Lipinski definition) is 1. The van der Waals surface area contributed by atoms with Gasteiger partial charge in [0, 0.05) is 38.0 Å². The average Bonchev–Trinajstić information content (AvgIpc) is 2.32. The summed E-state index contributed by atoms with van der Waals surface area (Å²) in [6.45, 7) is 8.37. The maximum atomic E-state index is 12.1. The standard InChI is InChI=1S/C14H24N2O3.ClH/c1-13(2,3)19-12(18)16-8-5-14(6-9-16)10-15-7-4-11(14)17;/h15H,4-10H2,1-3H3;1H. The van der Waals surface area contributed by atoms with E-state index < -0.39 is 5.60 Å². The Morgan fingerprint density at radius 3 is 2.40 bits per heavy atom. The number of likely N-dealkylation sites (tertiary alicyclic amines) is 1. The van der Waals surface area contributed by atoms with Gasteiger partial charge in [0.15, 0.2) is 0 Å². The third kappa shape index (κ3) is 3.85. The summed E-state index contributed by atoms with van der Waals surface area (Å²) in [5.74, 6) is 0.357. The summed E-state index contributed by atoms with van der Waals surface area (Å²) in [6, 6.07) is 0. The Morgan fingerprint density at radius 2 is 1.90 bits per heavy atom. The Balaban J connectivity index is 0.00000200. The summed E-state index contributed by atoms with van der Waals surface area (Å²) < 4.78 is 5.37. The summed E-state index contributed by atoms with van der Waals surface area (Å²) in [6.07, 6.45) is 1.85. The average molecular weight is 305 g/mol. The molecule has 2 aliphatic rings. The van der Waals surface area contributed by atoms with Crippen LogP contribution in [0, 0.1) is 5.41 Å². The topological polar surface area (TPSA) is 58.6 Å². The molecule has 2 rings (SSSR count). The van der Waals surface area contributed by atoms with Gasteiger partial charge in [0.25, 0.3) is 0 Å². The van der Waals surface area contributed by atoms with Crippen LogP contribution in [0.3, 0.4) is 0 Å². The van der Waals surface area contributed by atoms with E-state index in [1.54, 1.807) is 4.90 Å². The van der Waals surface area contributed by atoms with E-state index in [1.165, 1.54) is 0 Å². The zero-order chi connectivity index (χ0) is 14.1. The smallest absolute Gasteiger partial charge is 0.410 e. The molecule has 0 unspecified atom stereocenters. The Bertz CT molecular complexity index is 371.